The Morgan fingerprint density at radius 1 is 0.955 bits per heavy atom. The highest BCUT2D eigenvalue weighted by atomic mass is 16.7. The van der Waals surface area contributed by atoms with Crippen molar-refractivity contribution in [2.45, 2.75) is 5.41 Å². The molecule has 2 aromatic carbocycles. The van der Waals surface area contributed by atoms with Crippen LogP contribution in [0.5, 0.6) is 0 Å². The van der Waals surface area contributed by atoms with Crippen molar-refractivity contribution in [3.05, 3.63) is 71.8 Å². The van der Waals surface area contributed by atoms with Gasteiger partial charge in [0.1, 0.15) is 12.0 Å². The zero-order valence-corrected chi connectivity index (χ0v) is 12.1. The van der Waals surface area contributed by atoms with Crippen LogP contribution in [0.15, 0.2) is 60.7 Å². The van der Waals surface area contributed by atoms with E-state index in [4.69, 9.17) is 9.57 Å². The molecule has 2 aromatic rings. The van der Waals surface area contributed by atoms with E-state index < -0.39 is 17.4 Å². The maximum absolute atomic E-state index is 13.0. The zero-order chi connectivity index (χ0) is 15.6. The molecular formula is C17H15NO4. The lowest BCUT2D eigenvalue weighted by Crippen LogP contribution is -2.57. The predicted molar refractivity (Wildman–Crippen MR) is 78.9 cm³/mol. The number of rotatable bonds is 3. The van der Waals surface area contributed by atoms with Crippen LogP contribution in [0.25, 0.3) is 0 Å². The van der Waals surface area contributed by atoms with Crippen LogP contribution in [-0.4, -0.2) is 30.8 Å². The van der Waals surface area contributed by atoms with Crippen molar-refractivity contribution in [2.75, 3.05) is 13.7 Å². The quantitative estimate of drug-likeness (QED) is 0.873. The van der Waals surface area contributed by atoms with Crippen LogP contribution in [0.2, 0.25) is 0 Å². The second-order valence-corrected chi connectivity index (χ2v) is 4.97. The van der Waals surface area contributed by atoms with E-state index in [0.29, 0.717) is 5.06 Å². The van der Waals surface area contributed by atoms with Crippen molar-refractivity contribution in [2.24, 2.45) is 0 Å². The van der Waals surface area contributed by atoms with Gasteiger partial charge in [-0.05, 0) is 11.1 Å². The minimum absolute atomic E-state index is 0.0570. The summed E-state index contributed by atoms with van der Waals surface area (Å²) in [6, 6.07) is 18.5. The van der Waals surface area contributed by atoms with Crippen LogP contribution in [-0.2, 0) is 19.8 Å². The molecule has 0 atom stereocenters. The van der Waals surface area contributed by atoms with Gasteiger partial charge >= 0.3 is 6.09 Å². The Kier molecular flexibility index (Phi) is 3.65. The summed E-state index contributed by atoms with van der Waals surface area (Å²) in [4.78, 5) is 29.7. The van der Waals surface area contributed by atoms with E-state index in [9.17, 15) is 9.59 Å². The number of hydrogen-bond acceptors (Lipinski definition) is 4. The number of hydroxylamine groups is 2. The van der Waals surface area contributed by atoms with Gasteiger partial charge in [0.2, 0.25) is 0 Å². The molecule has 1 saturated heterocycles. The number of nitrogens with zero attached hydrogens (tertiary/aromatic N) is 1. The second kappa shape index (κ2) is 5.61. The molecule has 0 saturated carbocycles. The average Bonchev–Trinajstić information content (AvgIpc) is 2.57. The van der Waals surface area contributed by atoms with E-state index in [1.54, 1.807) is 0 Å². The molecule has 5 heteroatoms. The molecule has 0 radical (unpaired) electrons. The third-order valence-electron chi connectivity index (χ3n) is 3.84. The maximum atomic E-state index is 13.0. The molecule has 0 unspecified atom stereocenters. The lowest BCUT2D eigenvalue weighted by Gasteiger charge is -2.39. The summed E-state index contributed by atoms with van der Waals surface area (Å²) in [5.41, 5.74) is 0.397. The highest BCUT2D eigenvalue weighted by Gasteiger charge is 2.52. The Labute approximate surface area is 128 Å². The summed E-state index contributed by atoms with van der Waals surface area (Å²) < 4.78 is 5.22. The fourth-order valence-corrected chi connectivity index (χ4v) is 2.73. The minimum atomic E-state index is -1.10. The number of carbonyl (C=O) groups excluding carboxylic acids is 2. The van der Waals surface area contributed by atoms with Crippen LogP contribution in [0.3, 0.4) is 0 Å². The van der Waals surface area contributed by atoms with Gasteiger partial charge in [0.25, 0.3) is 5.91 Å². The zero-order valence-electron chi connectivity index (χ0n) is 12.1. The summed E-state index contributed by atoms with van der Waals surface area (Å²) in [5, 5.41) is 0.670. The van der Waals surface area contributed by atoms with E-state index in [-0.39, 0.29) is 6.61 Å². The molecule has 1 fully saturated rings. The van der Waals surface area contributed by atoms with Gasteiger partial charge < -0.3 is 4.74 Å². The first-order chi connectivity index (χ1) is 10.7. The molecular weight excluding hydrogens is 282 g/mol. The summed E-state index contributed by atoms with van der Waals surface area (Å²) >= 11 is 0. The summed E-state index contributed by atoms with van der Waals surface area (Å²) in [5.74, 6) is -0.455. The topological polar surface area (TPSA) is 55.8 Å². The number of ether oxygens (including phenoxy) is 1. The second-order valence-electron chi connectivity index (χ2n) is 4.97. The molecule has 2 amide bonds. The smallest absolute Gasteiger partial charge is 0.441 e. The van der Waals surface area contributed by atoms with Crippen molar-refractivity contribution in [1.82, 2.24) is 5.06 Å². The summed E-state index contributed by atoms with van der Waals surface area (Å²) in [6.45, 7) is -0.0570. The Morgan fingerprint density at radius 2 is 1.45 bits per heavy atom. The molecule has 0 aromatic heterocycles. The van der Waals surface area contributed by atoms with Crippen molar-refractivity contribution in [1.29, 1.82) is 0 Å². The van der Waals surface area contributed by atoms with Gasteiger partial charge in [0, 0.05) is 0 Å². The number of carbonyl (C=O) groups is 2. The van der Waals surface area contributed by atoms with E-state index in [1.807, 2.05) is 60.7 Å². The molecule has 22 heavy (non-hydrogen) atoms. The summed E-state index contributed by atoms with van der Waals surface area (Å²) in [7, 11) is 1.27. The third-order valence-corrected chi connectivity index (χ3v) is 3.84. The first-order valence-corrected chi connectivity index (χ1v) is 6.86. The van der Waals surface area contributed by atoms with Crippen LogP contribution < -0.4 is 0 Å². The Balaban J connectivity index is 2.21. The van der Waals surface area contributed by atoms with Gasteiger partial charge in [0.05, 0.1) is 7.11 Å². The lowest BCUT2D eigenvalue weighted by molar-refractivity contribution is -0.181. The minimum Gasteiger partial charge on any atom is -0.446 e. The Morgan fingerprint density at radius 3 is 1.91 bits per heavy atom. The number of imide groups is 1. The molecule has 1 aliphatic heterocycles. The van der Waals surface area contributed by atoms with E-state index >= 15 is 0 Å². The van der Waals surface area contributed by atoms with Crippen LogP contribution >= 0.6 is 0 Å². The Bertz CT molecular complexity index is 645. The number of amides is 2. The molecule has 0 N–H and O–H groups in total. The predicted octanol–water partition coefficient (Wildman–Crippen LogP) is 2.51. The number of cyclic esters (lactones) is 1. The van der Waals surface area contributed by atoms with Gasteiger partial charge in [-0.3, -0.25) is 9.63 Å². The monoisotopic (exact) mass is 297 g/mol. The molecule has 0 spiro atoms. The third kappa shape index (κ3) is 2.07. The molecule has 1 heterocycles. The molecule has 5 nitrogen and oxygen atoms in total. The number of hydrogen-bond donors (Lipinski definition) is 0. The van der Waals surface area contributed by atoms with Crippen LogP contribution in [0.4, 0.5) is 4.79 Å². The first-order valence-electron chi connectivity index (χ1n) is 6.86. The van der Waals surface area contributed by atoms with Crippen LogP contribution in [0, 0.1) is 0 Å². The number of benzene rings is 2. The van der Waals surface area contributed by atoms with Gasteiger partial charge in [-0.1, -0.05) is 60.7 Å². The van der Waals surface area contributed by atoms with Crippen molar-refractivity contribution in [3.63, 3.8) is 0 Å². The fraction of sp³-hybridized carbons (Fsp3) is 0.176. The standard InChI is InChI=1S/C17H15NO4/c1-21-18-15(19)17(12-22-16(18)20,13-8-4-2-5-9-13)14-10-6-3-7-11-14/h2-11H,12H2,1H3. The van der Waals surface area contributed by atoms with E-state index in [1.165, 1.54) is 7.11 Å². The van der Waals surface area contributed by atoms with Crippen LogP contribution in [0.1, 0.15) is 11.1 Å². The Hall–Kier alpha value is -2.66. The van der Waals surface area contributed by atoms with E-state index in [0.717, 1.165) is 11.1 Å². The molecule has 3 rings (SSSR count). The SMILES string of the molecule is CON1C(=O)OCC(c2ccccc2)(c2ccccc2)C1=O. The average molecular weight is 297 g/mol. The fourth-order valence-electron chi connectivity index (χ4n) is 2.73. The van der Waals surface area contributed by atoms with Gasteiger partial charge in [-0.15, -0.1) is 5.06 Å². The van der Waals surface area contributed by atoms with Gasteiger partial charge in [-0.25, -0.2) is 4.79 Å². The van der Waals surface area contributed by atoms with E-state index in [2.05, 4.69) is 0 Å². The molecule has 0 bridgehead atoms. The maximum Gasteiger partial charge on any atom is 0.441 e. The normalized spacial score (nSPS) is 17.2. The van der Waals surface area contributed by atoms with Crippen molar-refractivity contribution < 1.29 is 19.2 Å². The summed E-state index contributed by atoms with van der Waals surface area (Å²) in [6.07, 6.45) is -0.796. The van der Waals surface area contributed by atoms with Crippen molar-refractivity contribution >= 4 is 12.0 Å². The van der Waals surface area contributed by atoms with Gasteiger partial charge in [0.15, 0.2) is 0 Å². The van der Waals surface area contributed by atoms with Crippen molar-refractivity contribution in [3.8, 4) is 0 Å². The lowest BCUT2D eigenvalue weighted by atomic mass is 9.73. The molecule has 112 valence electrons. The highest BCUT2D eigenvalue weighted by molar-refractivity contribution is 6.02. The molecule has 0 aliphatic carbocycles. The van der Waals surface area contributed by atoms with Gasteiger partial charge in [-0.2, -0.15) is 0 Å². The largest absolute Gasteiger partial charge is 0.446 e. The highest BCUT2D eigenvalue weighted by Crippen LogP contribution is 2.37. The molecule has 1 aliphatic rings. The first kappa shape index (κ1) is 14.3.